The second-order valence-corrected chi connectivity index (χ2v) is 2.70. The van der Waals surface area contributed by atoms with Gasteiger partial charge in [-0.1, -0.05) is 6.07 Å². The van der Waals surface area contributed by atoms with Crippen molar-refractivity contribution in [1.29, 1.82) is 0 Å². The van der Waals surface area contributed by atoms with Crippen LogP contribution in [0.15, 0.2) is 18.2 Å². The highest BCUT2D eigenvalue weighted by molar-refractivity contribution is 5.29. The Morgan fingerprint density at radius 1 is 1.14 bits per heavy atom. The van der Waals surface area contributed by atoms with Crippen molar-refractivity contribution in [3.05, 3.63) is 29.6 Å². The molecule has 0 aliphatic heterocycles. The lowest BCUT2D eigenvalue weighted by molar-refractivity contribution is -0.106. The standard InChI is InChI=1S/C10H13FO3/c1-12-9-5-4-7(6-8(9)11)10(13-2)14-3/h4-6,10H,1-3H3. The largest absolute Gasteiger partial charge is 0.494 e. The lowest BCUT2D eigenvalue weighted by atomic mass is 10.2. The summed E-state index contributed by atoms with van der Waals surface area (Å²) in [6, 6.07) is 4.56. The van der Waals surface area contributed by atoms with Crippen LogP contribution in [0, 0.1) is 5.82 Å². The zero-order chi connectivity index (χ0) is 10.6. The maximum atomic E-state index is 13.2. The van der Waals surface area contributed by atoms with Crippen molar-refractivity contribution >= 4 is 0 Å². The van der Waals surface area contributed by atoms with E-state index in [1.165, 1.54) is 33.5 Å². The van der Waals surface area contributed by atoms with E-state index in [9.17, 15) is 4.39 Å². The molecule has 0 saturated carbocycles. The third-order valence-corrected chi connectivity index (χ3v) is 1.88. The molecular weight excluding hydrogens is 187 g/mol. The number of hydrogen-bond donors (Lipinski definition) is 0. The van der Waals surface area contributed by atoms with Crippen LogP contribution in [0.5, 0.6) is 5.75 Å². The van der Waals surface area contributed by atoms with Gasteiger partial charge in [-0.25, -0.2) is 4.39 Å². The molecule has 0 aromatic heterocycles. The molecule has 0 saturated heterocycles. The molecular formula is C10H13FO3. The Balaban J connectivity index is 2.95. The van der Waals surface area contributed by atoms with Crippen LogP contribution in [0.25, 0.3) is 0 Å². The van der Waals surface area contributed by atoms with Crippen LogP contribution in [-0.4, -0.2) is 21.3 Å². The molecule has 4 heteroatoms. The monoisotopic (exact) mass is 200 g/mol. The molecule has 78 valence electrons. The fourth-order valence-corrected chi connectivity index (χ4v) is 1.20. The summed E-state index contributed by atoms with van der Waals surface area (Å²) in [6.45, 7) is 0. The molecule has 0 heterocycles. The predicted molar refractivity (Wildman–Crippen MR) is 49.7 cm³/mol. The minimum Gasteiger partial charge on any atom is -0.494 e. The lowest BCUT2D eigenvalue weighted by Gasteiger charge is -2.14. The van der Waals surface area contributed by atoms with Gasteiger partial charge in [-0.2, -0.15) is 0 Å². The van der Waals surface area contributed by atoms with Gasteiger partial charge in [0.05, 0.1) is 7.11 Å². The van der Waals surface area contributed by atoms with Gasteiger partial charge in [-0.05, 0) is 12.1 Å². The topological polar surface area (TPSA) is 27.7 Å². The second-order valence-electron chi connectivity index (χ2n) is 2.70. The van der Waals surface area contributed by atoms with Gasteiger partial charge in [-0.15, -0.1) is 0 Å². The first-order valence-electron chi connectivity index (χ1n) is 4.12. The summed E-state index contributed by atoms with van der Waals surface area (Å²) in [6.07, 6.45) is -0.546. The summed E-state index contributed by atoms with van der Waals surface area (Å²) in [5, 5.41) is 0. The first kappa shape index (κ1) is 10.9. The molecule has 0 atom stereocenters. The number of hydrogen-bond acceptors (Lipinski definition) is 3. The van der Waals surface area contributed by atoms with Gasteiger partial charge in [0.1, 0.15) is 0 Å². The average Bonchev–Trinajstić information content (AvgIpc) is 2.20. The van der Waals surface area contributed by atoms with E-state index < -0.39 is 12.1 Å². The van der Waals surface area contributed by atoms with Crippen molar-refractivity contribution < 1.29 is 18.6 Å². The Morgan fingerprint density at radius 2 is 1.79 bits per heavy atom. The minimum atomic E-state index is -0.546. The van der Waals surface area contributed by atoms with Gasteiger partial charge in [0, 0.05) is 19.8 Å². The van der Waals surface area contributed by atoms with Crippen molar-refractivity contribution in [1.82, 2.24) is 0 Å². The van der Waals surface area contributed by atoms with Gasteiger partial charge >= 0.3 is 0 Å². The summed E-state index contributed by atoms with van der Waals surface area (Å²) in [4.78, 5) is 0. The summed E-state index contributed by atoms with van der Waals surface area (Å²) >= 11 is 0. The Hall–Kier alpha value is -1.13. The van der Waals surface area contributed by atoms with Gasteiger partial charge < -0.3 is 14.2 Å². The van der Waals surface area contributed by atoms with Gasteiger partial charge in [0.2, 0.25) is 0 Å². The van der Waals surface area contributed by atoms with E-state index in [1.54, 1.807) is 6.07 Å². The SMILES string of the molecule is COc1ccc(C(OC)OC)cc1F. The Bertz CT molecular complexity index is 297. The van der Waals surface area contributed by atoms with Crippen LogP contribution in [0.3, 0.4) is 0 Å². The van der Waals surface area contributed by atoms with Crippen LogP contribution >= 0.6 is 0 Å². The third-order valence-electron chi connectivity index (χ3n) is 1.88. The number of benzene rings is 1. The van der Waals surface area contributed by atoms with E-state index in [0.29, 0.717) is 5.56 Å². The fourth-order valence-electron chi connectivity index (χ4n) is 1.20. The van der Waals surface area contributed by atoms with Gasteiger partial charge in [-0.3, -0.25) is 0 Å². The first-order chi connectivity index (χ1) is 6.72. The van der Waals surface area contributed by atoms with Gasteiger partial charge in [0.15, 0.2) is 17.9 Å². The molecule has 0 aliphatic rings. The van der Waals surface area contributed by atoms with Crippen molar-refractivity contribution in [3.63, 3.8) is 0 Å². The summed E-state index contributed by atoms with van der Waals surface area (Å²) < 4.78 is 28.0. The number of ether oxygens (including phenoxy) is 3. The molecule has 0 fully saturated rings. The van der Waals surface area contributed by atoms with Crippen molar-refractivity contribution in [2.75, 3.05) is 21.3 Å². The van der Waals surface area contributed by atoms with E-state index >= 15 is 0 Å². The van der Waals surface area contributed by atoms with Crippen molar-refractivity contribution in [3.8, 4) is 5.75 Å². The van der Waals surface area contributed by atoms with E-state index in [1.807, 2.05) is 0 Å². The Morgan fingerprint density at radius 3 is 2.21 bits per heavy atom. The molecule has 0 amide bonds. The normalized spacial score (nSPS) is 10.6. The van der Waals surface area contributed by atoms with Crippen LogP contribution in [0.1, 0.15) is 11.9 Å². The molecule has 0 bridgehead atoms. The molecule has 0 radical (unpaired) electrons. The molecule has 0 unspecified atom stereocenters. The van der Waals surface area contributed by atoms with Gasteiger partial charge in [0.25, 0.3) is 0 Å². The molecule has 14 heavy (non-hydrogen) atoms. The highest BCUT2D eigenvalue weighted by atomic mass is 19.1. The summed E-state index contributed by atoms with van der Waals surface area (Å²) in [5.74, 6) is -0.219. The van der Waals surface area contributed by atoms with Crippen LogP contribution < -0.4 is 4.74 Å². The zero-order valence-electron chi connectivity index (χ0n) is 8.41. The Kier molecular flexibility index (Phi) is 3.85. The average molecular weight is 200 g/mol. The Labute approximate surface area is 82.4 Å². The van der Waals surface area contributed by atoms with E-state index in [0.717, 1.165) is 0 Å². The minimum absolute atomic E-state index is 0.208. The number of rotatable bonds is 4. The van der Waals surface area contributed by atoms with Crippen molar-refractivity contribution in [2.45, 2.75) is 6.29 Å². The van der Waals surface area contributed by atoms with Crippen molar-refractivity contribution in [2.24, 2.45) is 0 Å². The lowest BCUT2D eigenvalue weighted by Crippen LogP contribution is -2.04. The van der Waals surface area contributed by atoms with Crippen LogP contribution in [0.2, 0.25) is 0 Å². The number of methoxy groups -OCH3 is 3. The second kappa shape index (κ2) is 4.93. The maximum Gasteiger partial charge on any atom is 0.183 e. The predicted octanol–water partition coefficient (Wildman–Crippen LogP) is 2.13. The smallest absolute Gasteiger partial charge is 0.183 e. The quantitative estimate of drug-likeness (QED) is 0.697. The molecule has 0 aliphatic carbocycles. The maximum absolute atomic E-state index is 13.2. The summed E-state index contributed by atoms with van der Waals surface area (Å²) in [5.41, 5.74) is 0.619. The molecule has 0 spiro atoms. The van der Waals surface area contributed by atoms with E-state index in [-0.39, 0.29) is 5.75 Å². The zero-order valence-corrected chi connectivity index (χ0v) is 8.41. The van der Waals surface area contributed by atoms with E-state index in [2.05, 4.69) is 0 Å². The third kappa shape index (κ3) is 2.21. The highest BCUT2D eigenvalue weighted by Gasteiger charge is 2.11. The van der Waals surface area contributed by atoms with E-state index in [4.69, 9.17) is 14.2 Å². The molecule has 0 N–H and O–H groups in total. The fraction of sp³-hybridized carbons (Fsp3) is 0.400. The molecule has 3 nitrogen and oxygen atoms in total. The summed E-state index contributed by atoms with van der Waals surface area (Å²) in [7, 11) is 4.41. The molecule has 1 aromatic rings. The first-order valence-corrected chi connectivity index (χ1v) is 4.12. The number of halogens is 1. The highest BCUT2D eigenvalue weighted by Crippen LogP contribution is 2.23. The van der Waals surface area contributed by atoms with Crippen LogP contribution in [-0.2, 0) is 9.47 Å². The molecule has 1 rings (SSSR count). The molecule has 1 aromatic carbocycles. The van der Waals surface area contributed by atoms with Crippen LogP contribution in [0.4, 0.5) is 4.39 Å².